The maximum absolute atomic E-state index is 12.1. The predicted octanol–water partition coefficient (Wildman–Crippen LogP) is 3.31. The molecular formula is C18H25BN2O2. The Labute approximate surface area is 139 Å². The maximum atomic E-state index is 12.1. The second-order valence-electron chi connectivity index (χ2n) is 6.57. The zero-order valence-corrected chi connectivity index (χ0v) is 14.1. The zero-order chi connectivity index (χ0) is 16.7. The molecule has 0 bridgehead atoms. The molecule has 0 saturated carbocycles. The van der Waals surface area contributed by atoms with Gasteiger partial charge in [0.25, 0.3) is 6.71 Å². The number of ketones is 1. The number of benzene rings is 1. The fourth-order valence-electron chi connectivity index (χ4n) is 2.92. The topological polar surface area (TPSA) is 53.3 Å². The Kier molecular flexibility index (Phi) is 6.67. The van der Waals surface area contributed by atoms with Gasteiger partial charge in [-0.25, -0.2) is 5.26 Å². The Hall–Kier alpha value is -1.80. The van der Waals surface area contributed by atoms with E-state index in [0.717, 1.165) is 49.8 Å². The summed E-state index contributed by atoms with van der Waals surface area (Å²) in [4.78, 5) is 14.2. The molecule has 5 heteroatoms. The number of hydrogen-bond donors (Lipinski definition) is 0. The van der Waals surface area contributed by atoms with Gasteiger partial charge in [-0.2, -0.15) is 0 Å². The molecule has 0 atom stereocenters. The number of ether oxygens (including phenoxy) is 1. The summed E-state index contributed by atoms with van der Waals surface area (Å²) in [6.45, 7) is 1.12. The van der Waals surface area contributed by atoms with Crippen LogP contribution in [-0.4, -0.2) is 44.1 Å². The maximum Gasteiger partial charge on any atom is 0.268 e. The molecular weight excluding hydrogens is 287 g/mol. The molecule has 0 radical (unpaired) electrons. The van der Waals surface area contributed by atoms with Crippen LogP contribution in [-0.2, 0) is 0 Å². The number of carbonyl (C=O) groups is 1. The fourth-order valence-corrected chi connectivity index (χ4v) is 2.92. The number of nitriles is 1. The zero-order valence-electron chi connectivity index (χ0n) is 14.1. The van der Waals surface area contributed by atoms with E-state index in [1.807, 2.05) is 38.4 Å². The molecule has 1 aromatic rings. The smallest absolute Gasteiger partial charge is 0.268 e. The molecule has 1 aliphatic heterocycles. The summed E-state index contributed by atoms with van der Waals surface area (Å²) < 4.78 is 5.97. The summed E-state index contributed by atoms with van der Waals surface area (Å²) in [6.07, 6.45) is 5.37. The lowest BCUT2D eigenvalue weighted by atomic mass is 9.42. The van der Waals surface area contributed by atoms with Crippen LogP contribution in [0.3, 0.4) is 0 Å². The Morgan fingerprint density at radius 2 is 1.96 bits per heavy atom. The van der Waals surface area contributed by atoms with Gasteiger partial charge < -0.3 is 9.64 Å². The van der Waals surface area contributed by atoms with Crippen molar-refractivity contribution in [3.8, 4) is 11.7 Å². The third-order valence-electron chi connectivity index (χ3n) is 4.34. The predicted molar refractivity (Wildman–Crippen MR) is 93.2 cm³/mol. The van der Waals surface area contributed by atoms with Crippen LogP contribution in [0.1, 0.15) is 36.0 Å². The van der Waals surface area contributed by atoms with Gasteiger partial charge >= 0.3 is 0 Å². The Morgan fingerprint density at radius 3 is 2.52 bits per heavy atom. The van der Waals surface area contributed by atoms with Crippen molar-refractivity contribution in [3.05, 3.63) is 29.8 Å². The van der Waals surface area contributed by atoms with Gasteiger partial charge in [0, 0.05) is 18.0 Å². The van der Waals surface area contributed by atoms with Gasteiger partial charge in [-0.3, -0.25) is 4.79 Å². The van der Waals surface area contributed by atoms with Crippen molar-refractivity contribution in [1.82, 2.24) is 4.90 Å². The van der Waals surface area contributed by atoms with Gasteiger partial charge in [-0.05, 0) is 64.2 Å². The van der Waals surface area contributed by atoms with Crippen molar-refractivity contribution in [1.29, 1.82) is 5.26 Å². The van der Waals surface area contributed by atoms with E-state index in [0.29, 0.717) is 6.42 Å². The van der Waals surface area contributed by atoms with E-state index in [4.69, 9.17) is 10.00 Å². The fraction of sp³-hybridized carbons (Fsp3) is 0.556. The summed E-state index contributed by atoms with van der Waals surface area (Å²) in [5, 5.41) is 8.92. The minimum atomic E-state index is 0.188. The molecule has 4 nitrogen and oxygen atoms in total. The monoisotopic (exact) mass is 312 g/mol. The van der Waals surface area contributed by atoms with E-state index in [-0.39, 0.29) is 18.6 Å². The summed E-state index contributed by atoms with van der Waals surface area (Å²) in [5.41, 5.74) is 0.754. The molecule has 1 aliphatic rings. The molecule has 0 aromatic heterocycles. The molecule has 0 unspecified atom stereocenters. The van der Waals surface area contributed by atoms with Gasteiger partial charge in [0.1, 0.15) is 5.75 Å². The Balaban J connectivity index is 1.80. The first-order chi connectivity index (χ1) is 11.1. The Morgan fingerprint density at radius 1 is 1.30 bits per heavy atom. The van der Waals surface area contributed by atoms with Gasteiger partial charge in [-0.1, -0.05) is 12.6 Å². The van der Waals surface area contributed by atoms with E-state index >= 15 is 0 Å². The highest BCUT2D eigenvalue weighted by Gasteiger charge is 2.25. The quantitative estimate of drug-likeness (QED) is 0.572. The highest BCUT2D eigenvalue weighted by atomic mass is 16.5. The second-order valence-corrected chi connectivity index (χ2v) is 6.57. The van der Waals surface area contributed by atoms with Crippen molar-refractivity contribution < 1.29 is 9.53 Å². The molecule has 0 spiro atoms. The largest absolute Gasteiger partial charge is 0.490 e. The van der Waals surface area contributed by atoms with E-state index in [9.17, 15) is 4.79 Å². The lowest BCUT2D eigenvalue weighted by Gasteiger charge is -2.24. The number of Topliss-reactive ketones (excluding diaryl/α,β-unsaturated/α-hetero) is 1. The molecule has 0 N–H and O–H groups in total. The normalized spacial score (nSPS) is 15.5. The van der Waals surface area contributed by atoms with E-state index in [2.05, 4.69) is 10.9 Å². The van der Waals surface area contributed by atoms with Crippen LogP contribution in [0.15, 0.2) is 24.3 Å². The van der Waals surface area contributed by atoms with E-state index in [1.165, 1.54) is 0 Å². The first-order valence-corrected chi connectivity index (χ1v) is 8.42. The third kappa shape index (κ3) is 5.72. The molecule has 1 heterocycles. The lowest BCUT2D eigenvalue weighted by Crippen LogP contribution is -2.27. The van der Waals surface area contributed by atoms with Crippen LogP contribution >= 0.6 is 0 Å². The van der Waals surface area contributed by atoms with Gasteiger partial charge in [-0.15, -0.1) is 0 Å². The van der Waals surface area contributed by atoms with E-state index in [1.54, 1.807) is 0 Å². The third-order valence-corrected chi connectivity index (χ3v) is 4.34. The molecule has 0 amide bonds. The van der Waals surface area contributed by atoms with Gasteiger partial charge in [0.05, 0.1) is 6.10 Å². The highest BCUT2D eigenvalue weighted by molar-refractivity contribution is 6.67. The van der Waals surface area contributed by atoms with Crippen LogP contribution < -0.4 is 4.74 Å². The van der Waals surface area contributed by atoms with Crippen molar-refractivity contribution >= 4 is 12.5 Å². The average Bonchev–Trinajstić information content (AvgIpc) is 2.56. The van der Waals surface area contributed by atoms with Crippen LogP contribution in [0.2, 0.25) is 12.6 Å². The molecule has 1 aromatic carbocycles. The molecule has 2 rings (SSSR count). The molecule has 0 aliphatic carbocycles. The summed E-state index contributed by atoms with van der Waals surface area (Å²) in [5.74, 6) is 3.34. The van der Waals surface area contributed by atoms with Crippen molar-refractivity contribution in [2.45, 2.75) is 44.4 Å². The van der Waals surface area contributed by atoms with Crippen molar-refractivity contribution in [3.63, 3.8) is 0 Å². The second kappa shape index (κ2) is 8.74. The summed E-state index contributed by atoms with van der Waals surface area (Å²) >= 11 is 0. The van der Waals surface area contributed by atoms with Crippen LogP contribution in [0.4, 0.5) is 0 Å². The number of hydrogen-bond acceptors (Lipinski definition) is 4. The lowest BCUT2D eigenvalue weighted by molar-refractivity contribution is 0.0977. The van der Waals surface area contributed by atoms with Crippen molar-refractivity contribution in [2.24, 2.45) is 0 Å². The summed E-state index contributed by atoms with van der Waals surface area (Å²) in [6, 6.07) is 7.48. The standard InChI is InChI=1S/C18H25BN2O2/c1-21(2)13-3-4-18(22)15-5-7-16(8-6-15)23-17-9-11-19(14-20)12-10-17/h5-8,17H,3-4,9-13H2,1-2H3. The minimum absolute atomic E-state index is 0.188. The molecule has 23 heavy (non-hydrogen) atoms. The average molecular weight is 312 g/mol. The van der Waals surface area contributed by atoms with Gasteiger partial charge in [0.2, 0.25) is 0 Å². The summed E-state index contributed by atoms with van der Waals surface area (Å²) in [7, 11) is 4.03. The number of rotatable bonds is 7. The molecule has 1 fully saturated rings. The van der Waals surface area contributed by atoms with Crippen LogP contribution in [0.5, 0.6) is 5.75 Å². The number of carbonyl (C=O) groups excluding carboxylic acids is 1. The van der Waals surface area contributed by atoms with Crippen molar-refractivity contribution in [2.75, 3.05) is 20.6 Å². The molecule has 1 saturated heterocycles. The Bertz CT molecular complexity index is 543. The highest BCUT2D eigenvalue weighted by Crippen LogP contribution is 2.24. The van der Waals surface area contributed by atoms with Gasteiger partial charge in [0.15, 0.2) is 5.78 Å². The van der Waals surface area contributed by atoms with Crippen LogP contribution in [0, 0.1) is 11.2 Å². The first kappa shape index (κ1) is 17.6. The number of nitrogens with zero attached hydrogens (tertiary/aromatic N) is 2. The first-order valence-electron chi connectivity index (χ1n) is 8.42. The minimum Gasteiger partial charge on any atom is -0.490 e. The molecule has 122 valence electrons. The van der Waals surface area contributed by atoms with E-state index < -0.39 is 0 Å². The SMILES string of the molecule is CN(C)CCCC(=O)c1ccc(OC2CCB(C#N)CC2)cc1. The van der Waals surface area contributed by atoms with Crippen LogP contribution in [0.25, 0.3) is 0 Å².